The van der Waals surface area contributed by atoms with Gasteiger partial charge in [0, 0.05) is 38.1 Å². The molecular formula is C20H25N3O2. The summed E-state index contributed by atoms with van der Waals surface area (Å²) in [6.07, 6.45) is 6.03. The highest BCUT2D eigenvalue weighted by Crippen LogP contribution is 2.33. The van der Waals surface area contributed by atoms with Crippen molar-refractivity contribution in [1.29, 1.82) is 0 Å². The van der Waals surface area contributed by atoms with Gasteiger partial charge in [-0.15, -0.1) is 0 Å². The molecular weight excluding hydrogens is 314 g/mol. The van der Waals surface area contributed by atoms with Crippen LogP contribution in [0.4, 0.5) is 11.4 Å². The van der Waals surface area contributed by atoms with Crippen molar-refractivity contribution in [3.05, 3.63) is 48.8 Å². The SMILES string of the molecule is COc1ccc(N2CCCC3(C2)CN(c2cccnc2)CCO3)cc1. The van der Waals surface area contributed by atoms with Gasteiger partial charge in [0.1, 0.15) is 11.4 Å². The highest BCUT2D eigenvalue weighted by atomic mass is 16.5. The number of anilines is 2. The predicted molar refractivity (Wildman–Crippen MR) is 99.6 cm³/mol. The number of pyridine rings is 1. The van der Waals surface area contributed by atoms with E-state index in [1.165, 1.54) is 11.4 Å². The molecule has 3 heterocycles. The molecule has 4 rings (SSSR count). The Morgan fingerprint density at radius 3 is 2.56 bits per heavy atom. The Kier molecular flexibility index (Phi) is 4.49. The van der Waals surface area contributed by atoms with Gasteiger partial charge in [-0.25, -0.2) is 0 Å². The van der Waals surface area contributed by atoms with Crippen LogP contribution in [-0.4, -0.2) is 50.5 Å². The highest BCUT2D eigenvalue weighted by molar-refractivity contribution is 5.51. The van der Waals surface area contributed by atoms with Gasteiger partial charge in [0.2, 0.25) is 0 Å². The Morgan fingerprint density at radius 1 is 1.04 bits per heavy atom. The molecule has 2 fully saturated rings. The molecule has 0 amide bonds. The zero-order chi connectivity index (χ0) is 17.1. The third-order valence-electron chi connectivity index (χ3n) is 5.24. The predicted octanol–water partition coefficient (Wildman–Crippen LogP) is 2.97. The van der Waals surface area contributed by atoms with Gasteiger partial charge in [0.15, 0.2) is 0 Å². The van der Waals surface area contributed by atoms with Crippen LogP contribution in [-0.2, 0) is 4.74 Å². The summed E-state index contributed by atoms with van der Waals surface area (Å²) in [4.78, 5) is 9.12. The summed E-state index contributed by atoms with van der Waals surface area (Å²) in [5, 5.41) is 0. The van der Waals surface area contributed by atoms with Crippen molar-refractivity contribution in [2.45, 2.75) is 18.4 Å². The van der Waals surface area contributed by atoms with Crippen LogP contribution in [0.5, 0.6) is 5.75 Å². The summed E-state index contributed by atoms with van der Waals surface area (Å²) < 4.78 is 11.6. The first-order valence-corrected chi connectivity index (χ1v) is 8.96. The van der Waals surface area contributed by atoms with E-state index in [1.54, 1.807) is 7.11 Å². The molecule has 2 saturated heterocycles. The third-order valence-corrected chi connectivity index (χ3v) is 5.24. The van der Waals surface area contributed by atoms with E-state index in [1.807, 2.05) is 30.6 Å². The average molecular weight is 339 g/mol. The Labute approximate surface area is 149 Å². The van der Waals surface area contributed by atoms with Gasteiger partial charge >= 0.3 is 0 Å². The normalized spacial score (nSPS) is 23.7. The Hall–Kier alpha value is -2.27. The first-order valence-electron chi connectivity index (χ1n) is 8.96. The molecule has 1 atom stereocenters. The van der Waals surface area contributed by atoms with E-state index in [2.05, 4.69) is 33.0 Å². The molecule has 0 radical (unpaired) electrons. The average Bonchev–Trinajstić information content (AvgIpc) is 2.69. The maximum Gasteiger partial charge on any atom is 0.119 e. The summed E-state index contributed by atoms with van der Waals surface area (Å²) in [6, 6.07) is 12.5. The first kappa shape index (κ1) is 16.2. The molecule has 1 aromatic heterocycles. The number of morpholine rings is 1. The van der Waals surface area contributed by atoms with Gasteiger partial charge in [0.05, 0.1) is 25.6 Å². The minimum atomic E-state index is -0.105. The van der Waals surface area contributed by atoms with Crippen LogP contribution in [0.3, 0.4) is 0 Å². The number of benzene rings is 1. The largest absolute Gasteiger partial charge is 0.497 e. The zero-order valence-electron chi connectivity index (χ0n) is 14.7. The molecule has 0 bridgehead atoms. The molecule has 2 aromatic rings. The van der Waals surface area contributed by atoms with Crippen molar-refractivity contribution in [3.8, 4) is 5.75 Å². The molecule has 25 heavy (non-hydrogen) atoms. The fourth-order valence-corrected chi connectivity index (χ4v) is 3.96. The molecule has 5 heteroatoms. The van der Waals surface area contributed by atoms with E-state index in [4.69, 9.17) is 9.47 Å². The van der Waals surface area contributed by atoms with Crippen LogP contribution in [0, 0.1) is 0 Å². The first-order chi connectivity index (χ1) is 12.3. The molecule has 1 spiro atoms. The Balaban J connectivity index is 1.50. The van der Waals surface area contributed by atoms with E-state index in [9.17, 15) is 0 Å². The van der Waals surface area contributed by atoms with Gasteiger partial charge in [0.25, 0.3) is 0 Å². The van der Waals surface area contributed by atoms with Crippen molar-refractivity contribution >= 4 is 11.4 Å². The number of methoxy groups -OCH3 is 1. The van der Waals surface area contributed by atoms with E-state index in [0.29, 0.717) is 0 Å². The molecule has 1 unspecified atom stereocenters. The van der Waals surface area contributed by atoms with Gasteiger partial charge in [-0.05, 0) is 49.2 Å². The minimum Gasteiger partial charge on any atom is -0.497 e. The van der Waals surface area contributed by atoms with E-state index in [0.717, 1.165) is 51.4 Å². The monoisotopic (exact) mass is 339 g/mol. The van der Waals surface area contributed by atoms with E-state index >= 15 is 0 Å². The maximum absolute atomic E-state index is 6.33. The van der Waals surface area contributed by atoms with Gasteiger partial charge in [-0.2, -0.15) is 0 Å². The van der Waals surface area contributed by atoms with Gasteiger partial charge in [-0.1, -0.05) is 0 Å². The minimum absolute atomic E-state index is 0.105. The van der Waals surface area contributed by atoms with Crippen LogP contribution in [0.1, 0.15) is 12.8 Å². The number of hydrogen-bond donors (Lipinski definition) is 0. The fourth-order valence-electron chi connectivity index (χ4n) is 3.96. The summed E-state index contributed by atoms with van der Waals surface area (Å²) in [7, 11) is 1.70. The molecule has 1 aromatic carbocycles. The highest BCUT2D eigenvalue weighted by Gasteiger charge is 2.40. The van der Waals surface area contributed by atoms with E-state index in [-0.39, 0.29) is 5.60 Å². The van der Waals surface area contributed by atoms with Crippen molar-refractivity contribution in [1.82, 2.24) is 4.98 Å². The molecule has 132 valence electrons. The standard InChI is InChI=1S/C20H25N3O2/c1-24-19-7-5-17(6-8-19)22-11-3-9-20(15-22)16-23(12-13-25-20)18-4-2-10-21-14-18/h2,4-8,10,14H,3,9,11-13,15-16H2,1H3. The summed E-state index contributed by atoms with van der Waals surface area (Å²) in [6.45, 7) is 4.62. The smallest absolute Gasteiger partial charge is 0.119 e. The fraction of sp³-hybridized carbons (Fsp3) is 0.450. The van der Waals surface area contributed by atoms with Crippen LogP contribution in [0.25, 0.3) is 0 Å². The maximum atomic E-state index is 6.33. The zero-order valence-corrected chi connectivity index (χ0v) is 14.7. The third kappa shape index (κ3) is 3.42. The lowest BCUT2D eigenvalue weighted by Crippen LogP contribution is -2.60. The summed E-state index contributed by atoms with van der Waals surface area (Å²) in [5.74, 6) is 0.896. The quantitative estimate of drug-likeness (QED) is 0.859. The second-order valence-corrected chi connectivity index (χ2v) is 6.89. The molecule has 2 aliphatic heterocycles. The number of piperidine rings is 1. The van der Waals surface area contributed by atoms with Crippen molar-refractivity contribution in [2.75, 3.05) is 49.7 Å². The lowest BCUT2D eigenvalue weighted by Gasteiger charge is -2.49. The van der Waals surface area contributed by atoms with Crippen molar-refractivity contribution in [3.63, 3.8) is 0 Å². The molecule has 0 N–H and O–H groups in total. The molecule has 5 nitrogen and oxygen atoms in total. The number of hydrogen-bond acceptors (Lipinski definition) is 5. The van der Waals surface area contributed by atoms with Gasteiger partial charge < -0.3 is 19.3 Å². The van der Waals surface area contributed by atoms with Crippen molar-refractivity contribution < 1.29 is 9.47 Å². The Morgan fingerprint density at radius 2 is 1.84 bits per heavy atom. The van der Waals surface area contributed by atoms with Crippen LogP contribution < -0.4 is 14.5 Å². The molecule has 0 saturated carbocycles. The number of ether oxygens (including phenoxy) is 2. The second kappa shape index (κ2) is 6.92. The summed E-state index contributed by atoms with van der Waals surface area (Å²) in [5.41, 5.74) is 2.32. The number of aromatic nitrogens is 1. The van der Waals surface area contributed by atoms with Crippen LogP contribution >= 0.6 is 0 Å². The summed E-state index contributed by atoms with van der Waals surface area (Å²) >= 11 is 0. The number of nitrogens with zero attached hydrogens (tertiary/aromatic N) is 3. The lowest BCUT2D eigenvalue weighted by molar-refractivity contribution is -0.0629. The number of rotatable bonds is 3. The topological polar surface area (TPSA) is 37.8 Å². The Bertz CT molecular complexity index is 688. The van der Waals surface area contributed by atoms with Crippen molar-refractivity contribution in [2.24, 2.45) is 0 Å². The second-order valence-electron chi connectivity index (χ2n) is 6.89. The van der Waals surface area contributed by atoms with Gasteiger partial charge in [-0.3, -0.25) is 4.98 Å². The van der Waals surface area contributed by atoms with Crippen LogP contribution in [0.2, 0.25) is 0 Å². The van der Waals surface area contributed by atoms with E-state index < -0.39 is 0 Å². The molecule has 2 aliphatic rings. The van der Waals surface area contributed by atoms with Crippen LogP contribution in [0.15, 0.2) is 48.8 Å². The molecule has 0 aliphatic carbocycles. The lowest BCUT2D eigenvalue weighted by atomic mass is 9.90.